The van der Waals surface area contributed by atoms with Gasteiger partial charge in [0.05, 0.1) is 13.2 Å². The molecule has 11 nitrogen and oxygen atoms in total. The van der Waals surface area contributed by atoms with Crippen LogP contribution in [0.4, 0.5) is 4.39 Å². The Morgan fingerprint density at radius 3 is 2.56 bits per heavy atom. The minimum Gasteiger partial charge on any atom is -0.458 e. The van der Waals surface area contributed by atoms with Gasteiger partial charge in [0.1, 0.15) is 24.2 Å². The Bertz CT molecular complexity index is 1280. The van der Waals surface area contributed by atoms with Crippen molar-refractivity contribution in [1.29, 1.82) is 0 Å². The molecule has 1 atom stereocenters. The molecule has 1 saturated carbocycles. The van der Waals surface area contributed by atoms with E-state index in [0.29, 0.717) is 43.3 Å². The van der Waals surface area contributed by atoms with E-state index in [1.807, 2.05) is 6.92 Å². The number of rotatable bonds is 11. The monoisotopic (exact) mass is 567 g/mol. The fraction of sp³-hybridized carbons (Fsp3) is 0.552. The van der Waals surface area contributed by atoms with E-state index in [0.717, 1.165) is 51.7 Å². The van der Waals surface area contributed by atoms with Crippen LogP contribution in [0.5, 0.6) is 0 Å². The largest absolute Gasteiger partial charge is 0.458 e. The maximum atomic E-state index is 13.9. The van der Waals surface area contributed by atoms with Crippen LogP contribution in [-0.2, 0) is 20.9 Å². The zero-order valence-electron chi connectivity index (χ0n) is 23.5. The number of aryl methyl sites for hydroxylation is 1. The van der Waals surface area contributed by atoms with Crippen molar-refractivity contribution in [2.75, 3.05) is 39.4 Å². The molecule has 2 amide bonds. The highest BCUT2D eigenvalue weighted by Crippen LogP contribution is 2.25. The van der Waals surface area contributed by atoms with Crippen LogP contribution in [0.2, 0.25) is 0 Å². The summed E-state index contributed by atoms with van der Waals surface area (Å²) in [5.41, 5.74) is 0.553. The van der Waals surface area contributed by atoms with Gasteiger partial charge in [-0.25, -0.2) is 4.39 Å². The lowest BCUT2D eigenvalue weighted by atomic mass is 9.94. The first kappa shape index (κ1) is 28.9. The highest BCUT2D eigenvalue weighted by atomic mass is 19.1. The van der Waals surface area contributed by atoms with Crippen LogP contribution < -0.4 is 5.32 Å². The summed E-state index contributed by atoms with van der Waals surface area (Å²) in [5.74, 6) is 0.443. The Morgan fingerprint density at radius 2 is 1.85 bits per heavy atom. The molecule has 3 aromatic rings. The number of benzene rings is 1. The van der Waals surface area contributed by atoms with Gasteiger partial charge in [-0.2, -0.15) is 4.80 Å². The zero-order valence-corrected chi connectivity index (χ0v) is 23.5. The minimum absolute atomic E-state index is 0.0563. The van der Waals surface area contributed by atoms with Crippen LogP contribution >= 0.6 is 0 Å². The number of furan rings is 1. The minimum atomic E-state index is -0.926. The van der Waals surface area contributed by atoms with Crippen molar-refractivity contribution < 1.29 is 23.1 Å². The lowest BCUT2D eigenvalue weighted by Crippen LogP contribution is -2.48. The number of amides is 2. The van der Waals surface area contributed by atoms with Crippen molar-refractivity contribution in [3.05, 3.63) is 53.5 Å². The van der Waals surface area contributed by atoms with E-state index in [2.05, 4.69) is 25.6 Å². The number of halogens is 1. The third-order valence-corrected chi connectivity index (χ3v) is 7.68. The number of ether oxygens (including phenoxy) is 1. The van der Waals surface area contributed by atoms with Crippen molar-refractivity contribution in [2.45, 2.75) is 64.1 Å². The van der Waals surface area contributed by atoms with Crippen LogP contribution in [0.1, 0.15) is 55.9 Å². The van der Waals surface area contributed by atoms with Gasteiger partial charge in [-0.3, -0.25) is 14.5 Å². The summed E-state index contributed by atoms with van der Waals surface area (Å²) in [6.45, 7) is 5.72. The van der Waals surface area contributed by atoms with E-state index in [-0.39, 0.29) is 30.2 Å². The molecule has 2 fully saturated rings. The Kier molecular flexibility index (Phi) is 9.73. The topological polar surface area (TPSA) is 119 Å². The van der Waals surface area contributed by atoms with Crippen LogP contribution in [-0.4, -0.2) is 87.3 Å². The third kappa shape index (κ3) is 7.76. The van der Waals surface area contributed by atoms with Crippen molar-refractivity contribution >= 4 is 11.8 Å². The highest BCUT2D eigenvalue weighted by molar-refractivity contribution is 5.88. The number of carbonyl (C=O) groups is 2. The molecule has 1 aliphatic heterocycles. The van der Waals surface area contributed by atoms with Crippen molar-refractivity contribution in [1.82, 2.24) is 35.3 Å². The first-order valence-corrected chi connectivity index (χ1v) is 14.5. The molecule has 1 aromatic carbocycles. The highest BCUT2D eigenvalue weighted by Gasteiger charge is 2.33. The number of nitrogens with one attached hydrogen (secondary N) is 1. The number of hydrogen-bond donors (Lipinski definition) is 1. The van der Waals surface area contributed by atoms with Crippen molar-refractivity contribution in [3.8, 4) is 11.6 Å². The average molecular weight is 568 g/mol. The summed E-state index contributed by atoms with van der Waals surface area (Å²) in [4.78, 5) is 32.9. The quantitative estimate of drug-likeness (QED) is 0.376. The van der Waals surface area contributed by atoms with Crippen molar-refractivity contribution in [3.63, 3.8) is 0 Å². The van der Waals surface area contributed by atoms with Crippen LogP contribution in [0.15, 0.2) is 40.8 Å². The summed E-state index contributed by atoms with van der Waals surface area (Å²) < 4.78 is 24.9. The second kappa shape index (κ2) is 13.8. The van der Waals surface area contributed by atoms with Gasteiger partial charge in [-0.15, -0.1) is 10.2 Å². The number of hydrogen-bond acceptors (Lipinski definition) is 8. The summed E-state index contributed by atoms with van der Waals surface area (Å²) in [5, 5.41) is 15.6. The Morgan fingerprint density at radius 1 is 1.10 bits per heavy atom. The molecule has 1 unspecified atom stereocenters. The summed E-state index contributed by atoms with van der Waals surface area (Å²) in [7, 11) is 0. The van der Waals surface area contributed by atoms with Gasteiger partial charge < -0.3 is 19.4 Å². The van der Waals surface area contributed by atoms with Gasteiger partial charge >= 0.3 is 0 Å². The van der Waals surface area contributed by atoms with E-state index in [4.69, 9.17) is 9.15 Å². The normalized spacial score (nSPS) is 17.3. The maximum absolute atomic E-state index is 13.9. The van der Waals surface area contributed by atoms with Gasteiger partial charge in [0.25, 0.3) is 0 Å². The van der Waals surface area contributed by atoms with Gasteiger partial charge in [0.15, 0.2) is 5.76 Å². The summed E-state index contributed by atoms with van der Waals surface area (Å²) in [6, 6.07) is 8.48. The molecule has 1 N–H and O–H groups in total. The van der Waals surface area contributed by atoms with Gasteiger partial charge in [-0.05, 0) is 61.2 Å². The molecular formula is C29H38FN7O4. The summed E-state index contributed by atoms with van der Waals surface area (Å²) >= 11 is 0. The van der Waals surface area contributed by atoms with E-state index in [1.165, 1.54) is 16.9 Å². The standard InChI is InChI=1S/C29H38FN7O4/c1-21-8-13-25(41-21)28-32-34-37(33-28)20-26(38)36(15-5-14-35-16-18-40-19-17-35)27(22-9-11-23(30)12-10-22)29(39)31-24-6-3-2-4-7-24/h8-13,24,27H,2-7,14-20H2,1H3,(H,31,39). The molecule has 0 spiro atoms. The molecule has 1 saturated heterocycles. The smallest absolute Gasteiger partial charge is 0.247 e. The molecular weight excluding hydrogens is 529 g/mol. The predicted molar refractivity (Wildman–Crippen MR) is 148 cm³/mol. The molecule has 220 valence electrons. The predicted octanol–water partition coefficient (Wildman–Crippen LogP) is 3.12. The molecule has 41 heavy (non-hydrogen) atoms. The number of tetrazole rings is 1. The number of morpholine rings is 1. The zero-order chi connectivity index (χ0) is 28.6. The van der Waals surface area contributed by atoms with E-state index >= 15 is 0 Å². The van der Waals surface area contributed by atoms with Crippen LogP contribution in [0.25, 0.3) is 11.6 Å². The molecule has 12 heteroatoms. The first-order chi connectivity index (χ1) is 20.0. The number of nitrogens with zero attached hydrogens (tertiary/aromatic N) is 6. The lowest BCUT2D eigenvalue weighted by molar-refractivity contribution is -0.142. The lowest BCUT2D eigenvalue weighted by Gasteiger charge is -2.34. The van der Waals surface area contributed by atoms with Gasteiger partial charge in [0.2, 0.25) is 17.6 Å². The molecule has 2 aliphatic rings. The number of carbonyl (C=O) groups excluding carboxylic acids is 2. The summed E-state index contributed by atoms with van der Waals surface area (Å²) in [6.07, 6.45) is 5.75. The van der Waals surface area contributed by atoms with Crippen LogP contribution in [0.3, 0.4) is 0 Å². The van der Waals surface area contributed by atoms with E-state index in [1.54, 1.807) is 29.2 Å². The Balaban J connectivity index is 1.38. The van der Waals surface area contributed by atoms with E-state index in [9.17, 15) is 14.0 Å². The van der Waals surface area contributed by atoms with Gasteiger partial charge in [0, 0.05) is 32.2 Å². The fourth-order valence-corrected chi connectivity index (χ4v) is 5.51. The first-order valence-electron chi connectivity index (χ1n) is 14.5. The molecule has 0 bridgehead atoms. The van der Waals surface area contributed by atoms with Crippen LogP contribution in [0, 0.1) is 12.7 Å². The maximum Gasteiger partial charge on any atom is 0.247 e. The Hall–Kier alpha value is -3.64. The second-order valence-corrected chi connectivity index (χ2v) is 10.7. The SMILES string of the molecule is Cc1ccc(-c2nnn(CC(=O)N(CCCN3CCOCC3)C(C(=O)NC3CCCCC3)c3ccc(F)cc3)n2)o1. The van der Waals surface area contributed by atoms with E-state index < -0.39 is 11.9 Å². The second-order valence-electron chi connectivity index (χ2n) is 10.7. The number of aromatic nitrogens is 4. The molecule has 0 radical (unpaired) electrons. The molecule has 3 heterocycles. The molecule has 1 aliphatic carbocycles. The third-order valence-electron chi connectivity index (χ3n) is 7.68. The fourth-order valence-electron chi connectivity index (χ4n) is 5.51. The molecule has 2 aromatic heterocycles. The van der Waals surface area contributed by atoms with Gasteiger partial charge in [-0.1, -0.05) is 31.4 Å². The van der Waals surface area contributed by atoms with Crippen molar-refractivity contribution in [2.24, 2.45) is 0 Å². The molecule has 5 rings (SSSR count). The Labute approximate surface area is 239 Å². The average Bonchev–Trinajstić information content (AvgIpc) is 3.63.